The van der Waals surface area contributed by atoms with Gasteiger partial charge in [-0.3, -0.25) is 14.2 Å². The maximum atomic E-state index is 5.40. The number of nitrogens with one attached hydrogen (secondary N) is 1. The standard InChI is InChI=1S/C20H24N4OS/c1-3-7-17(8-4-1)19-22-20(21-11-12-23-13-15-25-16-14-23)26-24(19)18-9-5-2-6-10-18/h1-10,19H,11-16H2,(H,21,22). The number of hydrogen-bond donors (Lipinski definition) is 1. The van der Waals surface area contributed by atoms with Crippen LogP contribution >= 0.6 is 11.9 Å². The van der Waals surface area contributed by atoms with E-state index in [0.717, 1.165) is 44.6 Å². The van der Waals surface area contributed by atoms with Gasteiger partial charge in [0.05, 0.1) is 25.4 Å². The number of hydrogen-bond acceptors (Lipinski definition) is 5. The minimum absolute atomic E-state index is 0.0886. The van der Waals surface area contributed by atoms with Gasteiger partial charge in [-0.25, -0.2) is 0 Å². The third kappa shape index (κ3) is 4.20. The maximum Gasteiger partial charge on any atom is 0.179 e. The second-order valence-electron chi connectivity index (χ2n) is 6.35. The number of benzene rings is 2. The minimum atomic E-state index is 0.0886. The van der Waals surface area contributed by atoms with E-state index in [1.165, 1.54) is 11.3 Å². The molecule has 5 nitrogen and oxygen atoms in total. The van der Waals surface area contributed by atoms with Crippen molar-refractivity contribution in [1.29, 1.82) is 0 Å². The van der Waals surface area contributed by atoms with Crippen molar-refractivity contribution in [2.24, 2.45) is 4.99 Å². The van der Waals surface area contributed by atoms with Crippen molar-refractivity contribution in [2.45, 2.75) is 6.17 Å². The molecule has 0 aromatic heterocycles. The van der Waals surface area contributed by atoms with Crippen LogP contribution in [0.2, 0.25) is 0 Å². The lowest BCUT2D eigenvalue weighted by atomic mass is 10.1. The summed E-state index contributed by atoms with van der Waals surface area (Å²) in [4.78, 5) is 7.23. The lowest BCUT2D eigenvalue weighted by Gasteiger charge is -2.25. The van der Waals surface area contributed by atoms with Crippen LogP contribution in [0.1, 0.15) is 11.7 Å². The Kier molecular flexibility index (Phi) is 5.74. The molecular weight excluding hydrogens is 344 g/mol. The zero-order valence-corrected chi connectivity index (χ0v) is 15.6. The summed E-state index contributed by atoms with van der Waals surface area (Å²) in [5.41, 5.74) is 2.42. The Bertz CT molecular complexity index is 670. The van der Waals surface area contributed by atoms with Crippen molar-refractivity contribution in [3.05, 3.63) is 66.2 Å². The smallest absolute Gasteiger partial charge is 0.179 e. The summed E-state index contributed by atoms with van der Waals surface area (Å²) >= 11 is 1.68. The Morgan fingerprint density at radius 1 is 1.00 bits per heavy atom. The molecule has 0 amide bonds. The molecular formula is C20H24N4OS. The van der Waals surface area contributed by atoms with Crippen molar-refractivity contribution in [1.82, 2.24) is 10.2 Å². The molecule has 2 saturated heterocycles. The van der Waals surface area contributed by atoms with Crippen LogP contribution in [-0.4, -0.2) is 49.5 Å². The molecule has 4 rings (SSSR count). The van der Waals surface area contributed by atoms with Crippen LogP contribution in [0.4, 0.5) is 5.69 Å². The maximum absolute atomic E-state index is 5.40. The van der Waals surface area contributed by atoms with Crippen molar-refractivity contribution < 1.29 is 4.74 Å². The van der Waals surface area contributed by atoms with Gasteiger partial charge in [-0.1, -0.05) is 48.5 Å². The molecule has 0 saturated carbocycles. The Labute approximate surface area is 159 Å². The summed E-state index contributed by atoms with van der Waals surface area (Å²) in [5, 5.41) is 4.57. The summed E-state index contributed by atoms with van der Waals surface area (Å²) in [5.74, 6) is 0. The zero-order valence-electron chi connectivity index (χ0n) is 14.8. The third-order valence-electron chi connectivity index (χ3n) is 4.58. The van der Waals surface area contributed by atoms with E-state index in [4.69, 9.17) is 9.73 Å². The molecule has 0 radical (unpaired) electrons. The molecule has 1 unspecified atom stereocenters. The number of morpholine rings is 1. The number of anilines is 1. The minimum Gasteiger partial charge on any atom is -0.379 e. The molecule has 1 atom stereocenters. The first-order valence-electron chi connectivity index (χ1n) is 9.08. The van der Waals surface area contributed by atoms with Crippen LogP contribution < -0.4 is 9.62 Å². The normalized spacial score (nSPS) is 22.5. The molecule has 0 aliphatic carbocycles. The Morgan fingerprint density at radius 3 is 2.42 bits per heavy atom. The molecule has 2 aromatic carbocycles. The topological polar surface area (TPSA) is 40.1 Å². The van der Waals surface area contributed by atoms with Crippen LogP contribution in [0.15, 0.2) is 65.7 Å². The lowest BCUT2D eigenvalue weighted by molar-refractivity contribution is 0.0394. The fourth-order valence-corrected chi connectivity index (χ4v) is 4.18. The predicted octanol–water partition coefficient (Wildman–Crippen LogP) is 3.13. The van der Waals surface area contributed by atoms with Crippen LogP contribution in [0.5, 0.6) is 0 Å². The highest BCUT2D eigenvalue weighted by molar-refractivity contribution is 8.15. The highest BCUT2D eigenvalue weighted by Crippen LogP contribution is 2.37. The third-order valence-corrected chi connectivity index (χ3v) is 5.62. The van der Waals surface area contributed by atoms with Crippen LogP contribution in [0.25, 0.3) is 0 Å². The fraction of sp³-hybridized carbons (Fsp3) is 0.350. The van der Waals surface area contributed by atoms with E-state index in [1.54, 1.807) is 11.9 Å². The highest BCUT2D eigenvalue weighted by Gasteiger charge is 2.31. The molecule has 0 bridgehead atoms. The number of amidine groups is 1. The van der Waals surface area contributed by atoms with E-state index in [0.29, 0.717) is 0 Å². The van der Waals surface area contributed by atoms with Crippen molar-refractivity contribution in [3.8, 4) is 0 Å². The molecule has 26 heavy (non-hydrogen) atoms. The van der Waals surface area contributed by atoms with Gasteiger partial charge in [0, 0.05) is 31.6 Å². The fourth-order valence-electron chi connectivity index (χ4n) is 3.17. The van der Waals surface area contributed by atoms with Gasteiger partial charge in [0.1, 0.15) is 6.17 Å². The Morgan fingerprint density at radius 2 is 1.69 bits per heavy atom. The van der Waals surface area contributed by atoms with Gasteiger partial charge in [-0.15, -0.1) is 0 Å². The molecule has 2 heterocycles. The molecule has 2 aromatic rings. The highest BCUT2D eigenvalue weighted by atomic mass is 32.2. The summed E-state index contributed by atoms with van der Waals surface area (Å²) in [7, 11) is 0. The first-order chi connectivity index (χ1) is 12.9. The molecule has 2 aliphatic rings. The molecule has 1 N–H and O–H groups in total. The van der Waals surface area contributed by atoms with Crippen LogP contribution in [-0.2, 0) is 4.74 Å². The largest absolute Gasteiger partial charge is 0.379 e. The molecule has 2 fully saturated rings. The number of rotatable bonds is 5. The average molecular weight is 369 g/mol. The summed E-state index contributed by atoms with van der Waals surface area (Å²) in [6, 6.07) is 21.0. The second kappa shape index (κ2) is 8.58. The number of ether oxygens (including phenoxy) is 1. The van der Waals surface area contributed by atoms with E-state index in [1.807, 2.05) is 6.07 Å². The number of para-hydroxylation sites is 1. The van der Waals surface area contributed by atoms with Gasteiger partial charge in [0.2, 0.25) is 0 Å². The van der Waals surface area contributed by atoms with Gasteiger partial charge >= 0.3 is 0 Å². The zero-order chi connectivity index (χ0) is 17.6. The number of nitrogens with zero attached hydrogens (tertiary/aromatic N) is 3. The first kappa shape index (κ1) is 17.4. The molecule has 6 heteroatoms. The second-order valence-corrected chi connectivity index (χ2v) is 7.31. The van der Waals surface area contributed by atoms with E-state index in [2.05, 4.69) is 69.1 Å². The van der Waals surface area contributed by atoms with Crippen LogP contribution in [0, 0.1) is 0 Å². The van der Waals surface area contributed by atoms with E-state index < -0.39 is 0 Å². The van der Waals surface area contributed by atoms with Gasteiger partial charge in [0.15, 0.2) is 5.17 Å². The van der Waals surface area contributed by atoms with Gasteiger partial charge < -0.3 is 10.1 Å². The van der Waals surface area contributed by atoms with E-state index >= 15 is 0 Å². The number of aliphatic imine (C=N–C) groups is 1. The van der Waals surface area contributed by atoms with Crippen molar-refractivity contribution >= 4 is 22.8 Å². The molecule has 136 valence electrons. The summed E-state index contributed by atoms with van der Waals surface area (Å²) in [6.07, 6.45) is 0.0886. The SMILES string of the molecule is c1ccc(C2NC(=NCCN3CCOCC3)SN2c2ccccc2)cc1. The van der Waals surface area contributed by atoms with Crippen LogP contribution in [0.3, 0.4) is 0 Å². The molecule has 2 aliphatic heterocycles. The van der Waals surface area contributed by atoms with E-state index in [9.17, 15) is 0 Å². The first-order valence-corrected chi connectivity index (χ1v) is 9.86. The summed E-state index contributed by atoms with van der Waals surface area (Å²) in [6.45, 7) is 5.47. The predicted molar refractivity (Wildman–Crippen MR) is 108 cm³/mol. The Hall–Kier alpha value is -2.02. The average Bonchev–Trinajstić information content (AvgIpc) is 3.14. The monoisotopic (exact) mass is 368 g/mol. The van der Waals surface area contributed by atoms with Crippen molar-refractivity contribution in [2.75, 3.05) is 43.7 Å². The van der Waals surface area contributed by atoms with Gasteiger partial charge in [-0.2, -0.15) is 0 Å². The lowest BCUT2D eigenvalue weighted by Crippen LogP contribution is -2.37. The molecule has 0 spiro atoms. The van der Waals surface area contributed by atoms with E-state index in [-0.39, 0.29) is 6.17 Å². The summed E-state index contributed by atoms with van der Waals surface area (Å²) < 4.78 is 7.70. The van der Waals surface area contributed by atoms with Gasteiger partial charge in [-0.05, 0) is 17.7 Å². The Balaban J connectivity index is 1.47. The van der Waals surface area contributed by atoms with Gasteiger partial charge in [0.25, 0.3) is 0 Å². The van der Waals surface area contributed by atoms with Crippen molar-refractivity contribution in [3.63, 3.8) is 0 Å². The quantitative estimate of drug-likeness (QED) is 0.821.